The zero-order valence-corrected chi connectivity index (χ0v) is 11.0. The molecule has 0 bridgehead atoms. The minimum absolute atomic E-state index is 0.0125. The van der Waals surface area contributed by atoms with Crippen LogP contribution in [0.1, 0.15) is 11.7 Å². The number of rotatable bonds is 7. The molecule has 2 atom stereocenters. The van der Waals surface area contributed by atoms with Gasteiger partial charge in [0.05, 0.1) is 24.4 Å². The molecular formula is C13H19F2NO3. The Morgan fingerprint density at radius 3 is 2.32 bits per heavy atom. The fraction of sp³-hybridized carbons (Fsp3) is 0.538. The van der Waals surface area contributed by atoms with Gasteiger partial charge in [-0.15, -0.1) is 0 Å². The number of hydrogen-bond acceptors (Lipinski definition) is 4. The topological polar surface area (TPSA) is 52.9 Å². The lowest BCUT2D eigenvalue weighted by Crippen LogP contribution is -2.34. The molecule has 2 unspecified atom stereocenters. The Labute approximate surface area is 111 Å². The lowest BCUT2D eigenvalue weighted by molar-refractivity contribution is 0.0310. The van der Waals surface area contributed by atoms with Crippen LogP contribution < -0.4 is 0 Å². The number of hydrogen-bond donors (Lipinski definition) is 2. The summed E-state index contributed by atoms with van der Waals surface area (Å²) < 4.78 is 31.7. The number of likely N-dealkylation sites (N-methyl/N-ethyl adjacent to an activating group) is 1. The van der Waals surface area contributed by atoms with E-state index in [1.807, 2.05) is 0 Å². The van der Waals surface area contributed by atoms with Crippen LogP contribution in [0.5, 0.6) is 0 Å². The van der Waals surface area contributed by atoms with Crippen LogP contribution in [0.2, 0.25) is 0 Å². The summed E-state index contributed by atoms with van der Waals surface area (Å²) in [5.74, 6) is -1.56. The molecule has 0 spiro atoms. The number of aliphatic hydroxyl groups is 2. The van der Waals surface area contributed by atoms with Crippen molar-refractivity contribution < 1.29 is 23.7 Å². The van der Waals surface area contributed by atoms with E-state index in [2.05, 4.69) is 0 Å². The molecule has 19 heavy (non-hydrogen) atoms. The van der Waals surface area contributed by atoms with Crippen molar-refractivity contribution in [2.75, 3.05) is 33.9 Å². The van der Waals surface area contributed by atoms with Crippen molar-refractivity contribution in [1.29, 1.82) is 0 Å². The molecule has 0 aromatic heterocycles. The van der Waals surface area contributed by atoms with Crippen LogP contribution in [-0.4, -0.2) is 55.1 Å². The molecule has 0 aliphatic heterocycles. The molecule has 0 saturated heterocycles. The SMILES string of the molecule is COCC(O)CN(C)CC(O)c1c(F)cccc1F. The summed E-state index contributed by atoms with van der Waals surface area (Å²) in [6, 6.07) is 3.44. The van der Waals surface area contributed by atoms with Gasteiger partial charge in [0.1, 0.15) is 11.6 Å². The smallest absolute Gasteiger partial charge is 0.131 e. The Bertz CT molecular complexity index is 383. The van der Waals surface area contributed by atoms with Gasteiger partial charge in [-0.1, -0.05) is 6.07 Å². The average molecular weight is 275 g/mol. The molecule has 1 rings (SSSR count). The first-order valence-electron chi connectivity index (χ1n) is 5.93. The molecule has 0 amide bonds. The predicted octanol–water partition coefficient (Wildman–Crippen LogP) is 0.937. The summed E-state index contributed by atoms with van der Waals surface area (Å²) in [6.45, 7) is 0.411. The summed E-state index contributed by atoms with van der Waals surface area (Å²) in [5, 5.41) is 19.4. The minimum atomic E-state index is -1.29. The van der Waals surface area contributed by atoms with Crippen molar-refractivity contribution >= 4 is 0 Å². The standard InChI is InChI=1S/C13H19F2NO3/c1-16(6-9(17)8-19-2)7-12(18)13-10(14)4-3-5-11(13)15/h3-5,9,12,17-18H,6-8H2,1-2H3. The molecule has 2 N–H and O–H groups in total. The van der Waals surface area contributed by atoms with Gasteiger partial charge in [-0.2, -0.15) is 0 Å². The molecule has 1 aromatic rings. The average Bonchev–Trinajstić information content (AvgIpc) is 2.28. The monoisotopic (exact) mass is 275 g/mol. The van der Waals surface area contributed by atoms with Crippen LogP contribution in [0.15, 0.2) is 18.2 Å². The third-order valence-corrected chi connectivity index (χ3v) is 2.70. The van der Waals surface area contributed by atoms with Crippen LogP contribution in [0.4, 0.5) is 8.78 Å². The minimum Gasteiger partial charge on any atom is -0.389 e. The maximum Gasteiger partial charge on any atom is 0.131 e. The first kappa shape index (κ1) is 16.0. The quantitative estimate of drug-likeness (QED) is 0.777. The first-order valence-corrected chi connectivity index (χ1v) is 5.93. The maximum atomic E-state index is 13.4. The van der Waals surface area contributed by atoms with E-state index in [-0.39, 0.29) is 25.3 Å². The highest BCUT2D eigenvalue weighted by Gasteiger charge is 2.20. The van der Waals surface area contributed by atoms with Crippen LogP contribution in [0.3, 0.4) is 0 Å². The third kappa shape index (κ3) is 4.83. The molecule has 0 fully saturated rings. The highest BCUT2D eigenvalue weighted by atomic mass is 19.1. The molecule has 4 nitrogen and oxygen atoms in total. The summed E-state index contributed by atoms with van der Waals surface area (Å²) in [7, 11) is 3.10. The number of ether oxygens (including phenoxy) is 1. The molecule has 0 aliphatic rings. The Balaban J connectivity index is 2.61. The van der Waals surface area contributed by atoms with E-state index in [1.165, 1.54) is 13.2 Å². The normalized spacial score (nSPS) is 14.7. The van der Waals surface area contributed by atoms with E-state index < -0.39 is 23.8 Å². The van der Waals surface area contributed by atoms with E-state index in [4.69, 9.17) is 4.74 Å². The molecule has 0 saturated carbocycles. The van der Waals surface area contributed by atoms with Crippen LogP contribution in [-0.2, 0) is 4.74 Å². The van der Waals surface area contributed by atoms with Gasteiger partial charge < -0.3 is 19.8 Å². The fourth-order valence-corrected chi connectivity index (χ4v) is 1.89. The van der Waals surface area contributed by atoms with Crippen molar-refractivity contribution in [2.45, 2.75) is 12.2 Å². The van der Waals surface area contributed by atoms with Crippen molar-refractivity contribution in [2.24, 2.45) is 0 Å². The Morgan fingerprint density at radius 2 is 1.79 bits per heavy atom. The molecule has 0 heterocycles. The van der Waals surface area contributed by atoms with E-state index in [9.17, 15) is 19.0 Å². The van der Waals surface area contributed by atoms with Gasteiger partial charge in [0, 0.05) is 20.2 Å². The summed E-state index contributed by atoms with van der Waals surface area (Å²) in [6.07, 6.45) is -2.01. The highest BCUT2D eigenvalue weighted by molar-refractivity contribution is 5.22. The van der Waals surface area contributed by atoms with Gasteiger partial charge in [-0.3, -0.25) is 0 Å². The highest BCUT2D eigenvalue weighted by Crippen LogP contribution is 2.21. The third-order valence-electron chi connectivity index (χ3n) is 2.70. The largest absolute Gasteiger partial charge is 0.389 e. The molecule has 0 aliphatic carbocycles. The molecular weight excluding hydrogens is 256 g/mol. The van der Waals surface area contributed by atoms with Crippen molar-refractivity contribution in [3.05, 3.63) is 35.4 Å². The molecule has 1 aromatic carbocycles. The summed E-state index contributed by atoms with van der Waals surface area (Å²) >= 11 is 0. The number of benzene rings is 1. The Morgan fingerprint density at radius 1 is 1.21 bits per heavy atom. The first-order chi connectivity index (χ1) is 8.95. The zero-order chi connectivity index (χ0) is 14.4. The van der Waals surface area contributed by atoms with Crippen molar-refractivity contribution in [1.82, 2.24) is 4.90 Å². The van der Waals surface area contributed by atoms with Gasteiger partial charge in [-0.25, -0.2) is 8.78 Å². The maximum absolute atomic E-state index is 13.4. The van der Waals surface area contributed by atoms with Crippen LogP contribution >= 0.6 is 0 Å². The Hall–Kier alpha value is -1.08. The van der Waals surface area contributed by atoms with Crippen LogP contribution in [0, 0.1) is 11.6 Å². The number of aliphatic hydroxyl groups excluding tert-OH is 2. The number of nitrogens with zero attached hydrogens (tertiary/aromatic N) is 1. The van der Waals surface area contributed by atoms with E-state index >= 15 is 0 Å². The van der Waals surface area contributed by atoms with E-state index in [0.29, 0.717) is 0 Å². The second-order valence-electron chi connectivity index (χ2n) is 4.48. The fourth-order valence-electron chi connectivity index (χ4n) is 1.89. The van der Waals surface area contributed by atoms with E-state index in [1.54, 1.807) is 11.9 Å². The van der Waals surface area contributed by atoms with Crippen molar-refractivity contribution in [3.8, 4) is 0 Å². The summed E-state index contributed by atoms with van der Waals surface area (Å²) in [4.78, 5) is 1.58. The number of halogens is 2. The Kier molecular flexibility index (Phi) is 6.30. The van der Waals surface area contributed by atoms with Gasteiger partial charge in [0.25, 0.3) is 0 Å². The molecule has 0 radical (unpaired) electrons. The van der Waals surface area contributed by atoms with Crippen LogP contribution in [0.25, 0.3) is 0 Å². The molecule has 108 valence electrons. The van der Waals surface area contributed by atoms with Gasteiger partial charge in [0.2, 0.25) is 0 Å². The second-order valence-corrected chi connectivity index (χ2v) is 4.48. The lowest BCUT2D eigenvalue weighted by atomic mass is 10.1. The zero-order valence-electron chi connectivity index (χ0n) is 11.0. The van der Waals surface area contributed by atoms with Gasteiger partial charge in [0.15, 0.2) is 0 Å². The number of methoxy groups -OCH3 is 1. The molecule has 6 heteroatoms. The van der Waals surface area contributed by atoms with Crippen molar-refractivity contribution in [3.63, 3.8) is 0 Å². The van der Waals surface area contributed by atoms with Gasteiger partial charge in [-0.05, 0) is 19.2 Å². The summed E-state index contributed by atoms with van der Waals surface area (Å²) in [5.41, 5.74) is -0.351. The predicted molar refractivity (Wildman–Crippen MR) is 66.7 cm³/mol. The second kappa shape index (κ2) is 7.49. The lowest BCUT2D eigenvalue weighted by Gasteiger charge is -2.23. The van der Waals surface area contributed by atoms with E-state index in [0.717, 1.165) is 12.1 Å². The van der Waals surface area contributed by atoms with Gasteiger partial charge >= 0.3 is 0 Å².